The van der Waals surface area contributed by atoms with Crippen LogP contribution in [0.5, 0.6) is 0 Å². The number of hydrogen-bond acceptors (Lipinski definition) is 3. The van der Waals surface area contributed by atoms with E-state index in [2.05, 4.69) is 50.4 Å². The molecule has 1 saturated heterocycles. The lowest BCUT2D eigenvalue weighted by Gasteiger charge is -2.28. The van der Waals surface area contributed by atoms with Crippen molar-refractivity contribution in [1.29, 1.82) is 0 Å². The van der Waals surface area contributed by atoms with E-state index in [0.29, 0.717) is 12.2 Å². The molecule has 72 valence electrons. The van der Waals surface area contributed by atoms with E-state index in [0.717, 1.165) is 6.67 Å². The van der Waals surface area contributed by atoms with Crippen LogP contribution in [0.25, 0.3) is 0 Å². The third-order valence-electron chi connectivity index (χ3n) is 2.25. The van der Waals surface area contributed by atoms with Gasteiger partial charge in [0.25, 0.3) is 0 Å². The molecule has 12 heavy (non-hydrogen) atoms. The van der Waals surface area contributed by atoms with Crippen molar-refractivity contribution < 1.29 is 0 Å². The Morgan fingerprint density at radius 2 is 1.92 bits per heavy atom. The Bertz CT molecular complexity index is 148. The molecule has 0 bridgehead atoms. The molecule has 1 aliphatic rings. The number of rotatable bonds is 1. The molecule has 1 rings (SSSR count). The third-order valence-corrected chi connectivity index (χ3v) is 2.25. The SMILES string of the molecule is CC(C)N1CNC(C(C)(C)C)N1. The molecule has 0 aromatic rings. The van der Waals surface area contributed by atoms with Gasteiger partial charge in [0.05, 0.1) is 12.8 Å². The first kappa shape index (κ1) is 9.96. The van der Waals surface area contributed by atoms with Crippen molar-refractivity contribution in [3.8, 4) is 0 Å². The van der Waals surface area contributed by atoms with E-state index in [1.807, 2.05) is 0 Å². The lowest BCUT2D eigenvalue weighted by atomic mass is 9.93. The van der Waals surface area contributed by atoms with E-state index >= 15 is 0 Å². The predicted octanol–water partition coefficient (Wildman–Crippen LogP) is 1.13. The van der Waals surface area contributed by atoms with E-state index in [-0.39, 0.29) is 5.41 Å². The topological polar surface area (TPSA) is 27.3 Å². The Hall–Kier alpha value is -0.120. The van der Waals surface area contributed by atoms with Crippen molar-refractivity contribution in [2.45, 2.75) is 46.8 Å². The quantitative estimate of drug-likeness (QED) is 0.619. The smallest absolute Gasteiger partial charge is 0.0766 e. The molecule has 3 nitrogen and oxygen atoms in total. The van der Waals surface area contributed by atoms with E-state index < -0.39 is 0 Å². The summed E-state index contributed by atoms with van der Waals surface area (Å²) in [6.07, 6.45) is 0.403. The molecule has 0 amide bonds. The van der Waals surface area contributed by atoms with Crippen LogP contribution < -0.4 is 10.7 Å². The summed E-state index contributed by atoms with van der Waals surface area (Å²) < 4.78 is 0. The molecule has 1 unspecified atom stereocenters. The molecule has 1 aliphatic heterocycles. The number of nitrogens with one attached hydrogen (secondary N) is 2. The lowest BCUT2D eigenvalue weighted by molar-refractivity contribution is 0.152. The van der Waals surface area contributed by atoms with E-state index in [1.165, 1.54) is 0 Å². The van der Waals surface area contributed by atoms with Gasteiger partial charge in [-0.2, -0.15) is 0 Å². The van der Waals surface area contributed by atoms with Crippen LogP contribution in [-0.2, 0) is 0 Å². The minimum absolute atomic E-state index is 0.281. The van der Waals surface area contributed by atoms with Gasteiger partial charge in [0.15, 0.2) is 0 Å². The number of hydrogen-bond donors (Lipinski definition) is 2. The minimum atomic E-state index is 0.281. The van der Waals surface area contributed by atoms with Crippen LogP contribution in [0.3, 0.4) is 0 Å². The summed E-state index contributed by atoms with van der Waals surface area (Å²) in [7, 11) is 0. The van der Waals surface area contributed by atoms with Gasteiger partial charge in [0, 0.05) is 6.04 Å². The van der Waals surface area contributed by atoms with Crippen LogP contribution in [0.4, 0.5) is 0 Å². The van der Waals surface area contributed by atoms with Gasteiger partial charge >= 0.3 is 0 Å². The van der Waals surface area contributed by atoms with E-state index in [9.17, 15) is 0 Å². The summed E-state index contributed by atoms with van der Waals surface area (Å²) >= 11 is 0. The molecular weight excluding hydrogens is 150 g/mol. The minimum Gasteiger partial charge on any atom is -0.286 e. The monoisotopic (exact) mass is 171 g/mol. The van der Waals surface area contributed by atoms with E-state index in [4.69, 9.17) is 0 Å². The first-order valence-corrected chi connectivity index (χ1v) is 4.67. The Morgan fingerprint density at radius 3 is 2.17 bits per heavy atom. The van der Waals surface area contributed by atoms with Crippen LogP contribution in [0, 0.1) is 5.41 Å². The molecule has 1 atom stereocenters. The number of hydrazine groups is 1. The average molecular weight is 171 g/mol. The van der Waals surface area contributed by atoms with Gasteiger partial charge in [-0.1, -0.05) is 20.8 Å². The fraction of sp³-hybridized carbons (Fsp3) is 1.00. The van der Waals surface area contributed by atoms with Crippen LogP contribution >= 0.6 is 0 Å². The predicted molar refractivity (Wildman–Crippen MR) is 51.4 cm³/mol. The van der Waals surface area contributed by atoms with Gasteiger partial charge < -0.3 is 0 Å². The maximum absolute atomic E-state index is 3.45. The molecule has 1 heterocycles. The average Bonchev–Trinajstić information content (AvgIpc) is 2.30. The molecule has 3 heteroatoms. The van der Waals surface area contributed by atoms with Gasteiger partial charge in [-0.3, -0.25) is 5.32 Å². The summed E-state index contributed by atoms with van der Waals surface area (Å²) in [4.78, 5) is 0. The summed E-state index contributed by atoms with van der Waals surface area (Å²) in [6, 6.07) is 0.560. The summed E-state index contributed by atoms with van der Waals surface area (Å²) in [5.41, 5.74) is 3.73. The summed E-state index contributed by atoms with van der Waals surface area (Å²) in [6.45, 7) is 12.0. The molecule has 0 saturated carbocycles. The molecule has 0 spiro atoms. The Kier molecular flexibility index (Phi) is 2.76. The Morgan fingerprint density at radius 1 is 1.33 bits per heavy atom. The van der Waals surface area contributed by atoms with Crippen LogP contribution in [-0.4, -0.2) is 23.9 Å². The van der Waals surface area contributed by atoms with Crippen molar-refractivity contribution in [3.05, 3.63) is 0 Å². The molecule has 2 N–H and O–H groups in total. The zero-order valence-electron chi connectivity index (χ0n) is 8.81. The second kappa shape index (κ2) is 3.32. The zero-order chi connectivity index (χ0) is 9.35. The van der Waals surface area contributed by atoms with Gasteiger partial charge in [0.2, 0.25) is 0 Å². The van der Waals surface area contributed by atoms with Crippen LogP contribution in [0.15, 0.2) is 0 Å². The normalized spacial score (nSPS) is 27.0. The maximum Gasteiger partial charge on any atom is 0.0766 e. The fourth-order valence-corrected chi connectivity index (χ4v) is 1.28. The highest BCUT2D eigenvalue weighted by atomic mass is 15.6. The molecule has 0 aromatic carbocycles. The van der Waals surface area contributed by atoms with Crippen molar-refractivity contribution >= 4 is 0 Å². The van der Waals surface area contributed by atoms with Gasteiger partial charge in [-0.05, 0) is 19.3 Å². The van der Waals surface area contributed by atoms with Crippen LogP contribution in [0.2, 0.25) is 0 Å². The summed E-state index contributed by atoms with van der Waals surface area (Å²) in [5, 5.41) is 5.67. The van der Waals surface area contributed by atoms with Gasteiger partial charge in [-0.25, -0.2) is 10.4 Å². The second-order valence-corrected chi connectivity index (χ2v) is 4.85. The third kappa shape index (κ3) is 2.19. The van der Waals surface area contributed by atoms with Crippen molar-refractivity contribution in [2.75, 3.05) is 6.67 Å². The Balaban J connectivity index is 2.46. The molecule has 0 aliphatic carbocycles. The van der Waals surface area contributed by atoms with Crippen molar-refractivity contribution in [2.24, 2.45) is 5.41 Å². The molecule has 0 radical (unpaired) electrons. The van der Waals surface area contributed by atoms with Gasteiger partial charge in [0.1, 0.15) is 0 Å². The first-order valence-electron chi connectivity index (χ1n) is 4.67. The highest BCUT2D eigenvalue weighted by Gasteiger charge is 2.31. The standard InChI is InChI=1S/C9H21N3/c1-7(2)12-6-10-8(11-12)9(3,4)5/h7-8,10-11H,6H2,1-5H3. The highest BCUT2D eigenvalue weighted by Crippen LogP contribution is 2.20. The first-order chi connectivity index (χ1) is 5.41. The second-order valence-electron chi connectivity index (χ2n) is 4.85. The lowest BCUT2D eigenvalue weighted by Crippen LogP contribution is -2.46. The van der Waals surface area contributed by atoms with Crippen molar-refractivity contribution in [3.63, 3.8) is 0 Å². The maximum atomic E-state index is 3.45. The van der Waals surface area contributed by atoms with Crippen molar-refractivity contribution in [1.82, 2.24) is 15.8 Å². The zero-order valence-corrected chi connectivity index (χ0v) is 8.81. The fourth-order valence-electron chi connectivity index (χ4n) is 1.28. The Labute approximate surface area is 75.5 Å². The van der Waals surface area contributed by atoms with Crippen LogP contribution in [0.1, 0.15) is 34.6 Å². The highest BCUT2D eigenvalue weighted by molar-refractivity contribution is 4.82. The van der Waals surface area contributed by atoms with Gasteiger partial charge in [-0.15, -0.1) is 0 Å². The largest absolute Gasteiger partial charge is 0.286 e. The molecule has 0 aromatic heterocycles. The summed E-state index contributed by atoms with van der Waals surface area (Å²) in [5.74, 6) is 0. The molecular formula is C9H21N3. The van der Waals surface area contributed by atoms with E-state index in [1.54, 1.807) is 0 Å². The number of nitrogens with zero attached hydrogens (tertiary/aromatic N) is 1. The molecule has 1 fully saturated rings.